The Bertz CT molecular complexity index is 935. The molecule has 1 aliphatic heterocycles. The van der Waals surface area contributed by atoms with Gasteiger partial charge in [0, 0.05) is 0 Å². The smallest absolute Gasteiger partial charge is 0.335 e. The zero-order valence-electron chi connectivity index (χ0n) is 14.1. The number of aryl methyl sites for hydroxylation is 1. The lowest BCUT2D eigenvalue weighted by Gasteiger charge is -2.17. The SMILES string of the molecule is COc1ccc(/C=C2\SC(=S)N(c3cc(C(=O)O)ccc3C)C2=O)cc1. The largest absolute Gasteiger partial charge is 0.497 e. The van der Waals surface area contributed by atoms with E-state index in [0.717, 1.165) is 16.9 Å². The molecule has 132 valence electrons. The Morgan fingerprint density at radius 2 is 1.92 bits per heavy atom. The molecule has 0 unspecified atom stereocenters. The molecule has 0 bridgehead atoms. The van der Waals surface area contributed by atoms with Gasteiger partial charge in [0.15, 0.2) is 4.32 Å². The van der Waals surface area contributed by atoms with Crippen molar-refractivity contribution in [3.05, 3.63) is 64.1 Å². The number of carboxylic acids is 1. The van der Waals surface area contributed by atoms with Crippen molar-refractivity contribution in [2.45, 2.75) is 6.92 Å². The third kappa shape index (κ3) is 3.49. The van der Waals surface area contributed by atoms with Crippen molar-refractivity contribution in [2.75, 3.05) is 12.0 Å². The molecule has 0 aliphatic carbocycles. The highest BCUT2D eigenvalue weighted by Crippen LogP contribution is 2.37. The maximum atomic E-state index is 12.9. The fourth-order valence-electron chi connectivity index (χ4n) is 2.51. The number of methoxy groups -OCH3 is 1. The van der Waals surface area contributed by atoms with Crippen LogP contribution in [0.15, 0.2) is 47.4 Å². The number of rotatable bonds is 4. The molecule has 5 nitrogen and oxygen atoms in total. The monoisotopic (exact) mass is 385 g/mol. The van der Waals surface area contributed by atoms with Crippen molar-refractivity contribution in [1.29, 1.82) is 0 Å². The van der Waals surface area contributed by atoms with E-state index in [-0.39, 0.29) is 11.5 Å². The van der Waals surface area contributed by atoms with Crippen LogP contribution in [0.5, 0.6) is 5.75 Å². The Morgan fingerprint density at radius 3 is 2.54 bits per heavy atom. The van der Waals surface area contributed by atoms with Crippen LogP contribution in [0.3, 0.4) is 0 Å². The van der Waals surface area contributed by atoms with Gasteiger partial charge in [-0.25, -0.2) is 4.79 Å². The summed E-state index contributed by atoms with van der Waals surface area (Å²) in [5, 5.41) is 9.20. The fourth-order valence-corrected chi connectivity index (χ4v) is 3.80. The minimum atomic E-state index is -1.05. The second-order valence-electron chi connectivity index (χ2n) is 5.60. The number of ether oxygens (including phenoxy) is 1. The van der Waals surface area contributed by atoms with Gasteiger partial charge in [-0.3, -0.25) is 9.69 Å². The van der Waals surface area contributed by atoms with Gasteiger partial charge in [0.05, 0.1) is 23.3 Å². The maximum Gasteiger partial charge on any atom is 0.335 e. The average molecular weight is 385 g/mol. The van der Waals surface area contributed by atoms with Crippen LogP contribution in [0.4, 0.5) is 5.69 Å². The first-order valence-corrected chi connectivity index (χ1v) is 8.89. The minimum Gasteiger partial charge on any atom is -0.497 e. The number of benzene rings is 2. The molecule has 2 aromatic carbocycles. The molecule has 0 radical (unpaired) electrons. The van der Waals surface area contributed by atoms with Crippen molar-refractivity contribution in [3.63, 3.8) is 0 Å². The van der Waals surface area contributed by atoms with E-state index < -0.39 is 5.97 Å². The quantitative estimate of drug-likeness (QED) is 0.631. The number of carbonyl (C=O) groups excluding carboxylic acids is 1. The number of carbonyl (C=O) groups is 2. The number of anilines is 1. The van der Waals surface area contributed by atoms with E-state index in [4.69, 9.17) is 17.0 Å². The van der Waals surface area contributed by atoms with Crippen LogP contribution in [-0.4, -0.2) is 28.4 Å². The highest BCUT2D eigenvalue weighted by Gasteiger charge is 2.34. The number of aromatic carboxylic acids is 1. The van der Waals surface area contributed by atoms with Crippen LogP contribution in [0.25, 0.3) is 6.08 Å². The van der Waals surface area contributed by atoms with Gasteiger partial charge >= 0.3 is 5.97 Å². The van der Waals surface area contributed by atoms with Gasteiger partial charge in [-0.2, -0.15) is 0 Å². The Balaban J connectivity index is 1.95. The zero-order valence-corrected chi connectivity index (χ0v) is 15.7. The summed E-state index contributed by atoms with van der Waals surface area (Å²) in [6.45, 7) is 1.81. The molecule has 1 amide bonds. The van der Waals surface area contributed by atoms with Gasteiger partial charge < -0.3 is 9.84 Å². The van der Waals surface area contributed by atoms with Crippen LogP contribution in [-0.2, 0) is 4.79 Å². The summed E-state index contributed by atoms with van der Waals surface area (Å²) in [5.41, 5.74) is 2.23. The number of amides is 1. The van der Waals surface area contributed by atoms with Gasteiger partial charge in [-0.15, -0.1) is 0 Å². The van der Waals surface area contributed by atoms with E-state index in [1.807, 2.05) is 31.2 Å². The molecule has 0 atom stereocenters. The van der Waals surface area contributed by atoms with Crippen molar-refractivity contribution < 1.29 is 19.4 Å². The van der Waals surface area contributed by atoms with Gasteiger partial charge in [-0.05, 0) is 48.4 Å². The molecular formula is C19H15NO4S2. The van der Waals surface area contributed by atoms with Crippen LogP contribution in [0, 0.1) is 6.92 Å². The second-order valence-corrected chi connectivity index (χ2v) is 7.27. The second kappa shape index (κ2) is 7.31. The molecule has 1 N–H and O–H groups in total. The summed E-state index contributed by atoms with van der Waals surface area (Å²) in [5.74, 6) is -0.581. The molecule has 0 saturated carbocycles. The standard InChI is InChI=1S/C19H15NO4S2/c1-11-3-6-13(18(22)23)10-15(11)20-17(21)16(26-19(20)25)9-12-4-7-14(24-2)8-5-12/h3-10H,1-2H3,(H,22,23)/b16-9-. The summed E-state index contributed by atoms with van der Waals surface area (Å²) in [6, 6.07) is 12.0. The number of hydrogen-bond acceptors (Lipinski definition) is 5. The van der Waals surface area contributed by atoms with Crippen molar-refractivity contribution in [2.24, 2.45) is 0 Å². The van der Waals surface area contributed by atoms with Crippen LogP contribution < -0.4 is 9.64 Å². The third-order valence-corrected chi connectivity index (χ3v) is 5.21. The highest BCUT2D eigenvalue weighted by atomic mass is 32.2. The van der Waals surface area contributed by atoms with Crippen LogP contribution in [0.1, 0.15) is 21.5 Å². The third-order valence-electron chi connectivity index (χ3n) is 3.90. The first-order chi connectivity index (χ1) is 12.4. The number of nitrogens with zero attached hydrogens (tertiary/aromatic N) is 1. The molecule has 1 heterocycles. The number of hydrogen-bond donors (Lipinski definition) is 1. The first-order valence-electron chi connectivity index (χ1n) is 7.66. The van der Waals surface area contributed by atoms with E-state index >= 15 is 0 Å². The molecular weight excluding hydrogens is 370 g/mol. The van der Waals surface area contributed by atoms with Gasteiger partial charge in [0.2, 0.25) is 0 Å². The summed E-state index contributed by atoms with van der Waals surface area (Å²) < 4.78 is 5.50. The normalized spacial score (nSPS) is 15.6. The lowest BCUT2D eigenvalue weighted by atomic mass is 10.1. The Labute approximate surface area is 160 Å². The molecule has 0 aromatic heterocycles. The minimum absolute atomic E-state index is 0.110. The number of thiocarbonyl (C=S) groups is 1. The molecule has 7 heteroatoms. The zero-order chi connectivity index (χ0) is 18.8. The fraction of sp³-hybridized carbons (Fsp3) is 0.105. The predicted octanol–water partition coefficient (Wildman–Crippen LogP) is 4.11. The van der Waals surface area contributed by atoms with Gasteiger partial charge in [-0.1, -0.05) is 42.2 Å². The summed E-state index contributed by atoms with van der Waals surface area (Å²) >= 11 is 6.56. The molecule has 26 heavy (non-hydrogen) atoms. The van der Waals surface area contributed by atoms with Gasteiger partial charge in [0.1, 0.15) is 5.75 Å². The lowest BCUT2D eigenvalue weighted by molar-refractivity contribution is -0.113. The van der Waals surface area contributed by atoms with Gasteiger partial charge in [0.25, 0.3) is 5.91 Å². The Hall–Kier alpha value is -2.64. The average Bonchev–Trinajstić information content (AvgIpc) is 2.89. The van der Waals surface area contributed by atoms with Crippen molar-refractivity contribution in [3.8, 4) is 5.75 Å². The van der Waals surface area contributed by atoms with Crippen molar-refractivity contribution in [1.82, 2.24) is 0 Å². The first kappa shape index (κ1) is 18.2. The van der Waals surface area contributed by atoms with E-state index in [2.05, 4.69) is 0 Å². The van der Waals surface area contributed by atoms with E-state index in [9.17, 15) is 14.7 Å². The van der Waals surface area contributed by atoms with E-state index in [1.54, 1.807) is 19.3 Å². The molecule has 3 rings (SSSR count). The predicted molar refractivity (Wildman–Crippen MR) is 107 cm³/mol. The summed E-state index contributed by atoms with van der Waals surface area (Å²) in [6.07, 6.45) is 1.76. The number of thioether (sulfide) groups is 1. The molecule has 0 spiro atoms. The van der Waals surface area contributed by atoms with Crippen LogP contribution >= 0.6 is 24.0 Å². The van der Waals surface area contributed by atoms with E-state index in [0.29, 0.717) is 14.9 Å². The van der Waals surface area contributed by atoms with E-state index in [1.165, 1.54) is 28.8 Å². The molecule has 1 saturated heterocycles. The summed E-state index contributed by atoms with van der Waals surface area (Å²) in [7, 11) is 1.59. The Kier molecular flexibility index (Phi) is 5.11. The molecule has 1 aliphatic rings. The molecule has 2 aromatic rings. The highest BCUT2D eigenvalue weighted by molar-refractivity contribution is 8.27. The lowest BCUT2D eigenvalue weighted by Crippen LogP contribution is -2.28. The topological polar surface area (TPSA) is 66.8 Å². The van der Waals surface area contributed by atoms with Crippen molar-refractivity contribution >= 4 is 51.9 Å². The molecule has 1 fully saturated rings. The maximum absolute atomic E-state index is 12.9. The van der Waals surface area contributed by atoms with Crippen LogP contribution in [0.2, 0.25) is 0 Å². The summed E-state index contributed by atoms with van der Waals surface area (Å²) in [4.78, 5) is 26.0. The Morgan fingerprint density at radius 1 is 1.23 bits per heavy atom. The number of carboxylic acid groups (broad SMARTS) is 1.